The predicted molar refractivity (Wildman–Crippen MR) is 120 cm³/mol. The molecule has 0 fully saturated rings. The van der Waals surface area contributed by atoms with Crippen molar-refractivity contribution in [2.75, 3.05) is 13.6 Å². The van der Waals surface area contributed by atoms with Crippen LogP contribution in [0.15, 0.2) is 35.9 Å². The highest BCUT2D eigenvalue weighted by molar-refractivity contribution is 5.72. The fourth-order valence-corrected chi connectivity index (χ4v) is 4.02. The molecule has 0 aromatic heterocycles. The van der Waals surface area contributed by atoms with Gasteiger partial charge in [-0.05, 0) is 70.1 Å². The van der Waals surface area contributed by atoms with Crippen molar-refractivity contribution in [1.82, 2.24) is 4.90 Å². The number of nitrogens with zero attached hydrogens (tertiary/aromatic N) is 1. The SMILES string of the molecule is C=C(C)C1CCC(C)=CC1c1c(O)cc(CCCCC)cc1OC(=O)N(C)CC. The molecule has 1 aliphatic rings. The number of rotatable bonds is 8. The third kappa shape index (κ3) is 5.88. The number of aryl methyl sites for hydroxylation is 1. The molecule has 1 N–H and O–H groups in total. The summed E-state index contributed by atoms with van der Waals surface area (Å²) in [5.41, 5.74) is 4.09. The third-order valence-corrected chi connectivity index (χ3v) is 5.95. The second-order valence-electron chi connectivity index (χ2n) is 8.40. The number of aromatic hydroxyl groups is 1. The van der Waals surface area contributed by atoms with Crippen molar-refractivity contribution in [2.24, 2.45) is 5.92 Å². The molecular formula is C25H37NO3. The van der Waals surface area contributed by atoms with Crippen LogP contribution >= 0.6 is 0 Å². The molecule has 0 saturated carbocycles. The van der Waals surface area contributed by atoms with E-state index in [0.29, 0.717) is 17.9 Å². The van der Waals surface area contributed by atoms with Crippen LogP contribution in [0.25, 0.3) is 0 Å². The Bertz CT molecular complexity index is 766. The Morgan fingerprint density at radius 2 is 2.03 bits per heavy atom. The number of ether oxygens (including phenoxy) is 1. The molecule has 1 aromatic carbocycles. The van der Waals surface area contributed by atoms with Crippen LogP contribution in [-0.2, 0) is 6.42 Å². The summed E-state index contributed by atoms with van der Waals surface area (Å²) in [5.74, 6) is 0.865. The number of amides is 1. The van der Waals surface area contributed by atoms with Crippen LogP contribution in [0, 0.1) is 5.92 Å². The molecule has 0 heterocycles. The lowest BCUT2D eigenvalue weighted by atomic mass is 9.73. The number of hydrogen-bond acceptors (Lipinski definition) is 3. The Labute approximate surface area is 176 Å². The summed E-state index contributed by atoms with van der Waals surface area (Å²) in [6.45, 7) is 13.0. The van der Waals surface area contributed by atoms with Crippen molar-refractivity contribution in [3.05, 3.63) is 47.1 Å². The standard InChI is InChI=1S/C25H37NO3/c1-7-9-10-11-19-15-22(27)24(23(16-19)29-25(28)26(6)8-2)21-14-18(5)12-13-20(21)17(3)4/h14-16,20-21,27H,3,7-13H2,1-2,4-6H3. The Hall–Kier alpha value is -2.23. The number of carbonyl (C=O) groups excluding carboxylic acids is 1. The van der Waals surface area contributed by atoms with Crippen molar-refractivity contribution in [1.29, 1.82) is 0 Å². The lowest BCUT2D eigenvalue weighted by Gasteiger charge is -2.32. The molecule has 1 aliphatic carbocycles. The van der Waals surface area contributed by atoms with E-state index in [4.69, 9.17) is 4.74 Å². The van der Waals surface area contributed by atoms with Crippen LogP contribution in [0.5, 0.6) is 11.5 Å². The average Bonchev–Trinajstić information content (AvgIpc) is 2.67. The van der Waals surface area contributed by atoms with Gasteiger partial charge in [0.1, 0.15) is 11.5 Å². The van der Waals surface area contributed by atoms with Gasteiger partial charge in [0, 0.05) is 25.1 Å². The summed E-state index contributed by atoms with van der Waals surface area (Å²) in [5, 5.41) is 11.0. The topological polar surface area (TPSA) is 49.8 Å². The number of phenols is 1. The quantitative estimate of drug-likeness (QED) is 0.396. The molecule has 0 aliphatic heterocycles. The van der Waals surface area contributed by atoms with Gasteiger partial charge in [-0.15, -0.1) is 0 Å². The average molecular weight is 400 g/mol. The maximum absolute atomic E-state index is 12.5. The molecule has 4 heteroatoms. The largest absolute Gasteiger partial charge is 0.507 e. The molecule has 0 spiro atoms. The van der Waals surface area contributed by atoms with Crippen LogP contribution < -0.4 is 4.74 Å². The van der Waals surface area contributed by atoms with Gasteiger partial charge >= 0.3 is 6.09 Å². The molecule has 0 saturated heterocycles. The minimum atomic E-state index is -0.401. The number of hydrogen-bond donors (Lipinski definition) is 1. The Balaban J connectivity index is 2.51. The zero-order valence-corrected chi connectivity index (χ0v) is 18.8. The van der Waals surface area contributed by atoms with Gasteiger partial charge in [-0.1, -0.05) is 43.6 Å². The van der Waals surface area contributed by atoms with Crippen molar-refractivity contribution in [3.63, 3.8) is 0 Å². The molecule has 1 amide bonds. The molecule has 0 radical (unpaired) electrons. The Kier molecular flexibility index (Phi) is 8.36. The van der Waals surface area contributed by atoms with Gasteiger partial charge < -0.3 is 14.7 Å². The number of carbonyl (C=O) groups is 1. The number of unbranched alkanes of at least 4 members (excludes halogenated alkanes) is 2. The highest BCUT2D eigenvalue weighted by atomic mass is 16.6. The van der Waals surface area contributed by atoms with Crippen LogP contribution in [0.2, 0.25) is 0 Å². The number of phenolic OH excluding ortho intramolecular Hbond substituents is 1. The van der Waals surface area contributed by atoms with Gasteiger partial charge in [-0.2, -0.15) is 0 Å². The molecular weight excluding hydrogens is 362 g/mol. The second kappa shape index (κ2) is 10.5. The van der Waals surface area contributed by atoms with E-state index < -0.39 is 6.09 Å². The van der Waals surface area contributed by atoms with E-state index in [9.17, 15) is 9.90 Å². The van der Waals surface area contributed by atoms with E-state index >= 15 is 0 Å². The van der Waals surface area contributed by atoms with Crippen LogP contribution in [0.1, 0.15) is 76.8 Å². The van der Waals surface area contributed by atoms with Crippen LogP contribution in [0.4, 0.5) is 4.79 Å². The zero-order valence-electron chi connectivity index (χ0n) is 18.8. The first-order chi connectivity index (χ1) is 13.8. The highest BCUT2D eigenvalue weighted by Crippen LogP contribution is 2.47. The summed E-state index contributed by atoms with van der Waals surface area (Å²) in [6.07, 6.45) is 8.00. The molecule has 0 bridgehead atoms. The van der Waals surface area contributed by atoms with Gasteiger partial charge in [0.2, 0.25) is 0 Å². The zero-order chi connectivity index (χ0) is 21.6. The lowest BCUT2D eigenvalue weighted by molar-refractivity contribution is 0.164. The van der Waals surface area contributed by atoms with Gasteiger partial charge in [-0.25, -0.2) is 4.79 Å². The monoisotopic (exact) mass is 399 g/mol. The first-order valence-corrected chi connectivity index (χ1v) is 10.9. The van der Waals surface area contributed by atoms with E-state index in [1.54, 1.807) is 7.05 Å². The molecule has 160 valence electrons. The molecule has 1 aromatic rings. The van der Waals surface area contributed by atoms with Gasteiger partial charge in [0.25, 0.3) is 0 Å². The number of allylic oxidation sites excluding steroid dienone is 3. The third-order valence-electron chi connectivity index (χ3n) is 5.95. The summed E-state index contributed by atoms with van der Waals surface area (Å²) < 4.78 is 5.81. The lowest BCUT2D eigenvalue weighted by Crippen LogP contribution is -2.30. The fourth-order valence-electron chi connectivity index (χ4n) is 4.02. The van der Waals surface area contributed by atoms with Gasteiger partial charge in [0.15, 0.2) is 0 Å². The summed E-state index contributed by atoms with van der Waals surface area (Å²) >= 11 is 0. The van der Waals surface area contributed by atoms with Crippen LogP contribution in [-0.4, -0.2) is 29.7 Å². The first-order valence-electron chi connectivity index (χ1n) is 10.9. The highest BCUT2D eigenvalue weighted by Gasteiger charge is 2.31. The first kappa shape index (κ1) is 23.1. The van der Waals surface area contributed by atoms with E-state index in [2.05, 4.69) is 26.5 Å². The van der Waals surface area contributed by atoms with Crippen molar-refractivity contribution in [2.45, 2.75) is 72.1 Å². The Morgan fingerprint density at radius 3 is 2.66 bits per heavy atom. The second-order valence-corrected chi connectivity index (χ2v) is 8.40. The van der Waals surface area contributed by atoms with Crippen molar-refractivity contribution < 1.29 is 14.6 Å². The summed E-state index contributed by atoms with van der Waals surface area (Å²) in [6, 6.07) is 3.79. The van der Waals surface area contributed by atoms with E-state index in [0.717, 1.165) is 49.7 Å². The molecule has 29 heavy (non-hydrogen) atoms. The summed E-state index contributed by atoms with van der Waals surface area (Å²) in [4.78, 5) is 14.1. The maximum atomic E-state index is 12.5. The maximum Gasteiger partial charge on any atom is 0.414 e. The van der Waals surface area contributed by atoms with Gasteiger partial charge in [0.05, 0.1) is 0 Å². The summed E-state index contributed by atoms with van der Waals surface area (Å²) in [7, 11) is 1.72. The minimum Gasteiger partial charge on any atom is -0.507 e. The minimum absolute atomic E-state index is 0.0410. The van der Waals surface area contributed by atoms with Crippen molar-refractivity contribution >= 4 is 6.09 Å². The normalized spacial score (nSPS) is 18.9. The van der Waals surface area contributed by atoms with E-state index in [-0.39, 0.29) is 17.6 Å². The number of benzene rings is 1. The smallest absolute Gasteiger partial charge is 0.414 e. The fraction of sp³-hybridized carbons (Fsp3) is 0.560. The van der Waals surface area contributed by atoms with E-state index in [1.165, 1.54) is 10.5 Å². The van der Waals surface area contributed by atoms with E-state index in [1.807, 2.05) is 26.0 Å². The molecule has 4 nitrogen and oxygen atoms in total. The van der Waals surface area contributed by atoms with Crippen LogP contribution in [0.3, 0.4) is 0 Å². The molecule has 2 atom stereocenters. The Morgan fingerprint density at radius 1 is 1.31 bits per heavy atom. The molecule has 2 rings (SSSR count). The molecule has 2 unspecified atom stereocenters. The van der Waals surface area contributed by atoms with Crippen molar-refractivity contribution in [3.8, 4) is 11.5 Å². The predicted octanol–water partition coefficient (Wildman–Crippen LogP) is 6.59. The van der Waals surface area contributed by atoms with Gasteiger partial charge in [-0.3, -0.25) is 0 Å².